The number of likely N-dealkylation sites (tertiary alicyclic amines) is 1. The minimum Gasteiger partial charge on any atom is -0.452 e. The van der Waals surface area contributed by atoms with Crippen molar-refractivity contribution < 1.29 is 14.3 Å². The van der Waals surface area contributed by atoms with E-state index >= 15 is 0 Å². The Morgan fingerprint density at radius 3 is 2.75 bits per heavy atom. The summed E-state index contributed by atoms with van der Waals surface area (Å²) in [7, 11) is 0. The number of nitrogens with one attached hydrogen (secondary N) is 1. The fourth-order valence-corrected chi connectivity index (χ4v) is 3.87. The normalized spacial score (nSPS) is 15.4. The molecule has 1 N–H and O–H groups in total. The molecule has 1 unspecified atom stereocenters. The van der Waals surface area contributed by atoms with Crippen molar-refractivity contribution in [3.8, 4) is 6.07 Å². The second-order valence-electron chi connectivity index (χ2n) is 6.65. The van der Waals surface area contributed by atoms with Gasteiger partial charge in [0.1, 0.15) is 10.4 Å². The van der Waals surface area contributed by atoms with Crippen LogP contribution < -0.4 is 5.32 Å². The quantitative estimate of drug-likeness (QED) is 0.551. The summed E-state index contributed by atoms with van der Waals surface area (Å²) >= 11 is 12.6. The molecule has 0 bridgehead atoms. The molecule has 1 saturated heterocycles. The van der Waals surface area contributed by atoms with Gasteiger partial charge in [-0.25, -0.2) is 0 Å². The van der Waals surface area contributed by atoms with Crippen LogP contribution in [-0.4, -0.2) is 46.0 Å². The molecule has 1 fully saturated rings. The van der Waals surface area contributed by atoms with E-state index in [0.717, 1.165) is 25.9 Å². The van der Waals surface area contributed by atoms with Gasteiger partial charge in [-0.2, -0.15) is 5.26 Å². The van der Waals surface area contributed by atoms with Crippen LogP contribution >= 0.6 is 35.6 Å². The Balaban J connectivity index is 1.76. The molecule has 1 aliphatic heterocycles. The molecular formula is C19H22ClN3O3S2. The fraction of sp³-hybridized carbons (Fsp3) is 0.474. The molecule has 1 aliphatic rings. The number of rotatable bonds is 5. The first kappa shape index (κ1) is 22.5. The molecule has 0 radical (unpaired) electrons. The average molecular weight is 440 g/mol. The highest BCUT2D eigenvalue weighted by molar-refractivity contribution is 8.23. The van der Waals surface area contributed by atoms with Crippen LogP contribution in [-0.2, 0) is 14.3 Å². The lowest BCUT2D eigenvalue weighted by Crippen LogP contribution is -2.36. The van der Waals surface area contributed by atoms with E-state index in [9.17, 15) is 9.59 Å². The van der Waals surface area contributed by atoms with E-state index in [1.54, 1.807) is 6.07 Å². The maximum atomic E-state index is 12.2. The summed E-state index contributed by atoms with van der Waals surface area (Å²) in [5.41, 5.74) is 0.738. The Kier molecular flexibility index (Phi) is 8.55. The van der Waals surface area contributed by atoms with Gasteiger partial charge in [0.2, 0.25) is 0 Å². The van der Waals surface area contributed by atoms with E-state index in [1.165, 1.54) is 30.8 Å². The number of hydrogen-bond acceptors (Lipinski definition) is 6. The highest BCUT2D eigenvalue weighted by Gasteiger charge is 2.21. The van der Waals surface area contributed by atoms with Gasteiger partial charge < -0.3 is 15.0 Å². The number of anilines is 1. The van der Waals surface area contributed by atoms with Crippen LogP contribution in [0.4, 0.5) is 5.69 Å². The maximum Gasteiger partial charge on any atom is 0.317 e. The summed E-state index contributed by atoms with van der Waals surface area (Å²) in [6.45, 7) is 5.54. The first-order chi connectivity index (χ1) is 13.3. The molecule has 1 aromatic rings. The Morgan fingerprint density at radius 2 is 2.14 bits per heavy atom. The number of benzene rings is 1. The third-order valence-corrected chi connectivity index (χ3v) is 6.20. The molecular weight excluding hydrogens is 418 g/mol. The first-order valence-corrected chi connectivity index (χ1v) is 10.7. The molecule has 0 aliphatic carbocycles. The number of ether oxygens (including phenoxy) is 1. The van der Waals surface area contributed by atoms with E-state index in [4.69, 9.17) is 33.8 Å². The van der Waals surface area contributed by atoms with Crippen LogP contribution in [0.3, 0.4) is 0 Å². The molecule has 1 amide bonds. The summed E-state index contributed by atoms with van der Waals surface area (Å²) in [5.74, 6) is -0.213. The van der Waals surface area contributed by atoms with Gasteiger partial charge in [-0.15, -0.1) is 0 Å². The van der Waals surface area contributed by atoms with Crippen molar-refractivity contribution in [2.75, 3.05) is 24.2 Å². The van der Waals surface area contributed by atoms with Crippen LogP contribution in [0, 0.1) is 17.2 Å². The molecule has 2 rings (SSSR count). The monoisotopic (exact) mass is 439 g/mol. The van der Waals surface area contributed by atoms with Gasteiger partial charge in [0, 0.05) is 18.8 Å². The Hall–Kier alpha value is -1.82. The van der Waals surface area contributed by atoms with Gasteiger partial charge in [0.05, 0.1) is 16.3 Å². The molecule has 28 heavy (non-hydrogen) atoms. The zero-order valence-electron chi connectivity index (χ0n) is 15.7. The van der Waals surface area contributed by atoms with E-state index in [2.05, 4.69) is 17.1 Å². The van der Waals surface area contributed by atoms with Crippen molar-refractivity contribution in [2.24, 2.45) is 5.92 Å². The molecule has 0 aromatic heterocycles. The second kappa shape index (κ2) is 10.6. The molecule has 9 heteroatoms. The standard InChI is InChI=1S/C19H22ClN3O3S2/c1-12-5-7-23(8-6-12)19(27)28-11-17(24)26-13(2)18(25)22-15-4-3-14(10-21)16(20)9-15/h3-4,9,12-13H,5-8,11H2,1-2H3,(H,22,25). The summed E-state index contributed by atoms with van der Waals surface area (Å²) in [6.07, 6.45) is 1.23. The zero-order chi connectivity index (χ0) is 20.7. The third-order valence-electron chi connectivity index (χ3n) is 4.39. The highest BCUT2D eigenvalue weighted by atomic mass is 35.5. The van der Waals surface area contributed by atoms with E-state index < -0.39 is 18.0 Å². The van der Waals surface area contributed by atoms with Crippen LogP contribution in [0.2, 0.25) is 5.02 Å². The number of nitriles is 1. The van der Waals surface area contributed by atoms with Crippen molar-refractivity contribution in [2.45, 2.75) is 32.8 Å². The minimum absolute atomic E-state index is 0.0607. The van der Waals surface area contributed by atoms with Gasteiger partial charge in [-0.3, -0.25) is 9.59 Å². The van der Waals surface area contributed by atoms with E-state index in [0.29, 0.717) is 21.5 Å². The predicted octanol–water partition coefficient (Wildman–Crippen LogP) is 3.83. The number of esters is 1. The molecule has 1 atom stereocenters. The molecule has 1 aromatic carbocycles. The van der Waals surface area contributed by atoms with E-state index in [1.807, 2.05) is 6.07 Å². The SMILES string of the molecule is CC1CCN(C(=S)SCC(=O)OC(C)C(=O)Nc2ccc(C#N)c(Cl)c2)CC1. The summed E-state index contributed by atoms with van der Waals surface area (Å²) in [4.78, 5) is 26.3. The predicted molar refractivity (Wildman–Crippen MR) is 115 cm³/mol. The van der Waals surface area contributed by atoms with Gasteiger partial charge >= 0.3 is 5.97 Å². The number of carbonyl (C=O) groups excluding carboxylic acids is 2. The maximum absolute atomic E-state index is 12.2. The van der Waals surface area contributed by atoms with Crippen LogP contribution in [0.1, 0.15) is 32.3 Å². The first-order valence-electron chi connectivity index (χ1n) is 8.92. The Bertz CT molecular complexity index is 789. The lowest BCUT2D eigenvalue weighted by Gasteiger charge is -2.31. The number of halogens is 1. The molecule has 1 heterocycles. The second-order valence-corrected chi connectivity index (χ2v) is 8.67. The zero-order valence-corrected chi connectivity index (χ0v) is 18.1. The third kappa shape index (κ3) is 6.66. The van der Waals surface area contributed by atoms with Crippen molar-refractivity contribution in [1.82, 2.24) is 4.90 Å². The molecule has 6 nitrogen and oxygen atoms in total. The summed E-state index contributed by atoms with van der Waals surface area (Å²) in [6, 6.07) is 6.48. The van der Waals surface area contributed by atoms with Crippen molar-refractivity contribution >= 4 is 57.5 Å². The van der Waals surface area contributed by atoms with Crippen molar-refractivity contribution in [1.29, 1.82) is 5.26 Å². The van der Waals surface area contributed by atoms with Gasteiger partial charge in [0.25, 0.3) is 5.91 Å². The smallest absolute Gasteiger partial charge is 0.317 e. The largest absolute Gasteiger partial charge is 0.452 e. The van der Waals surface area contributed by atoms with Crippen LogP contribution in [0.25, 0.3) is 0 Å². The van der Waals surface area contributed by atoms with E-state index in [-0.39, 0.29) is 10.8 Å². The summed E-state index contributed by atoms with van der Waals surface area (Å²) < 4.78 is 5.87. The van der Waals surface area contributed by atoms with Gasteiger partial charge in [-0.05, 0) is 43.9 Å². The number of piperidine rings is 1. The minimum atomic E-state index is -0.966. The Morgan fingerprint density at radius 1 is 1.46 bits per heavy atom. The number of amides is 1. The summed E-state index contributed by atoms with van der Waals surface area (Å²) in [5, 5.41) is 11.7. The average Bonchev–Trinajstić information content (AvgIpc) is 2.66. The number of thiocarbonyl (C=S) groups is 1. The number of nitrogens with zero attached hydrogens (tertiary/aromatic N) is 2. The number of carbonyl (C=O) groups is 2. The van der Waals surface area contributed by atoms with Crippen molar-refractivity contribution in [3.63, 3.8) is 0 Å². The number of thioether (sulfide) groups is 1. The van der Waals surface area contributed by atoms with Crippen LogP contribution in [0.5, 0.6) is 0 Å². The Labute approximate surface area is 179 Å². The molecule has 0 saturated carbocycles. The lowest BCUT2D eigenvalue weighted by molar-refractivity contribution is -0.150. The van der Waals surface area contributed by atoms with Gasteiger partial charge in [0.15, 0.2) is 6.10 Å². The number of hydrogen-bond donors (Lipinski definition) is 1. The van der Waals surface area contributed by atoms with Gasteiger partial charge in [-0.1, -0.05) is 42.5 Å². The fourth-order valence-electron chi connectivity index (χ4n) is 2.62. The molecule has 0 spiro atoms. The molecule has 150 valence electrons. The highest BCUT2D eigenvalue weighted by Crippen LogP contribution is 2.21. The van der Waals surface area contributed by atoms with Crippen molar-refractivity contribution in [3.05, 3.63) is 28.8 Å². The lowest BCUT2D eigenvalue weighted by atomic mass is 10.00. The van der Waals surface area contributed by atoms with Crippen LogP contribution in [0.15, 0.2) is 18.2 Å². The topological polar surface area (TPSA) is 82.4 Å².